The van der Waals surface area contributed by atoms with Gasteiger partial charge in [-0.05, 0) is 13.3 Å². The van der Waals surface area contributed by atoms with Gasteiger partial charge in [-0.1, -0.05) is 19.8 Å². The van der Waals surface area contributed by atoms with Crippen LogP contribution in [0.4, 0.5) is 0 Å². The van der Waals surface area contributed by atoms with E-state index in [1.165, 1.54) is 12.8 Å². The molecule has 0 aromatic heterocycles. The lowest BCUT2D eigenvalue weighted by atomic mass is 10.2. The van der Waals surface area contributed by atoms with Gasteiger partial charge < -0.3 is 4.90 Å². The van der Waals surface area contributed by atoms with Crippen molar-refractivity contribution in [2.75, 3.05) is 6.54 Å². The van der Waals surface area contributed by atoms with Crippen molar-refractivity contribution in [3.05, 3.63) is 6.54 Å². The van der Waals surface area contributed by atoms with Crippen molar-refractivity contribution in [3.63, 3.8) is 0 Å². The third-order valence-electron chi connectivity index (χ3n) is 1.49. The summed E-state index contributed by atoms with van der Waals surface area (Å²) >= 11 is 0. The number of carbonyl (C=O) groups is 1. The molecule has 0 saturated heterocycles. The average molecular weight is 142 g/mol. The molecule has 2 nitrogen and oxygen atoms in total. The molecule has 0 aliphatic carbocycles. The van der Waals surface area contributed by atoms with Crippen LogP contribution in [0, 0.1) is 6.54 Å². The summed E-state index contributed by atoms with van der Waals surface area (Å²) in [5, 5.41) is 0. The van der Waals surface area contributed by atoms with E-state index in [9.17, 15) is 4.79 Å². The summed E-state index contributed by atoms with van der Waals surface area (Å²) in [4.78, 5) is 11.9. The van der Waals surface area contributed by atoms with Gasteiger partial charge in [-0.25, -0.2) is 0 Å². The van der Waals surface area contributed by atoms with Gasteiger partial charge in [0.05, 0.1) is 0 Å². The van der Waals surface area contributed by atoms with E-state index < -0.39 is 0 Å². The minimum absolute atomic E-state index is 0.869. The first kappa shape index (κ1) is 9.47. The van der Waals surface area contributed by atoms with Gasteiger partial charge in [0.1, 0.15) is 0 Å². The summed E-state index contributed by atoms with van der Waals surface area (Å²) in [6, 6.07) is 0. The number of hydrogen-bond acceptors (Lipinski definition) is 1. The van der Waals surface area contributed by atoms with Crippen LogP contribution < -0.4 is 0 Å². The second kappa shape index (κ2) is 6.59. The van der Waals surface area contributed by atoms with Crippen LogP contribution in [0.15, 0.2) is 0 Å². The topological polar surface area (TPSA) is 20.3 Å². The monoisotopic (exact) mass is 142 g/mol. The standard InChI is InChI=1S/C8H16NO/c1-3-5-6-7-9(4-2)8-10/h4,8H,3,5-7H2,1-2H3. The Kier molecular flexibility index (Phi) is 6.24. The van der Waals surface area contributed by atoms with E-state index in [4.69, 9.17) is 0 Å². The van der Waals surface area contributed by atoms with Crippen LogP contribution in [0.2, 0.25) is 0 Å². The van der Waals surface area contributed by atoms with Gasteiger partial charge >= 0.3 is 0 Å². The molecule has 59 valence electrons. The Balaban J connectivity index is 3.17. The van der Waals surface area contributed by atoms with Gasteiger partial charge in [-0.15, -0.1) is 0 Å². The maximum Gasteiger partial charge on any atom is 0.210 e. The Bertz CT molecular complexity index is 83.3. The van der Waals surface area contributed by atoms with Crippen LogP contribution in [0.3, 0.4) is 0 Å². The van der Waals surface area contributed by atoms with Gasteiger partial charge in [0, 0.05) is 13.1 Å². The molecule has 2 heteroatoms. The molecule has 0 aromatic carbocycles. The Morgan fingerprint density at radius 2 is 2.10 bits per heavy atom. The Labute approximate surface area is 63.2 Å². The average Bonchev–Trinajstić information content (AvgIpc) is 1.99. The summed E-state index contributed by atoms with van der Waals surface area (Å²) < 4.78 is 0. The number of nitrogens with zero attached hydrogens (tertiary/aromatic N) is 1. The lowest BCUT2D eigenvalue weighted by Gasteiger charge is -2.12. The van der Waals surface area contributed by atoms with E-state index in [0.29, 0.717) is 0 Å². The van der Waals surface area contributed by atoms with Crippen molar-refractivity contribution in [3.8, 4) is 0 Å². The van der Waals surface area contributed by atoms with E-state index in [1.807, 2.05) is 13.5 Å². The summed E-state index contributed by atoms with van der Waals surface area (Å²) in [5.74, 6) is 0. The molecule has 1 radical (unpaired) electrons. The van der Waals surface area contributed by atoms with Crippen molar-refractivity contribution >= 4 is 6.41 Å². The van der Waals surface area contributed by atoms with Crippen molar-refractivity contribution in [2.24, 2.45) is 0 Å². The van der Waals surface area contributed by atoms with Gasteiger partial charge in [-0.3, -0.25) is 4.79 Å². The zero-order chi connectivity index (χ0) is 7.82. The number of rotatable bonds is 6. The zero-order valence-corrected chi connectivity index (χ0v) is 6.84. The van der Waals surface area contributed by atoms with Gasteiger partial charge in [0.15, 0.2) is 0 Å². The van der Waals surface area contributed by atoms with Crippen LogP contribution in [0.25, 0.3) is 0 Å². The van der Waals surface area contributed by atoms with Crippen LogP contribution in [-0.2, 0) is 4.79 Å². The maximum absolute atomic E-state index is 10.2. The Hall–Kier alpha value is -0.530. The summed E-state index contributed by atoms with van der Waals surface area (Å²) in [6.45, 7) is 6.71. The summed E-state index contributed by atoms with van der Waals surface area (Å²) in [7, 11) is 0. The maximum atomic E-state index is 10.2. The van der Waals surface area contributed by atoms with Crippen molar-refractivity contribution in [1.82, 2.24) is 4.90 Å². The molecule has 1 amide bonds. The van der Waals surface area contributed by atoms with Crippen molar-refractivity contribution < 1.29 is 4.79 Å². The van der Waals surface area contributed by atoms with Gasteiger partial charge in [0.25, 0.3) is 0 Å². The number of amides is 1. The molecule has 0 aliphatic rings. The van der Waals surface area contributed by atoms with E-state index >= 15 is 0 Å². The highest BCUT2D eigenvalue weighted by atomic mass is 16.1. The number of carbonyl (C=O) groups excluding carboxylic acids is 1. The lowest BCUT2D eigenvalue weighted by Crippen LogP contribution is -2.18. The largest absolute Gasteiger partial charge is 0.341 e. The molecule has 0 spiro atoms. The van der Waals surface area contributed by atoms with Gasteiger partial charge in [0.2, 0.25) is 6.41 Å². The van der Waals surface area contributed by atoms with E-state index in [2.05, 4.69) is 6.92 Å². The highest BCUT2D eigenvalue weighted by Gasteiger charge is 1.95. The predicted octanol–water partition coefficient (Wildman–Crippen LogP) is 1.82. The Morgan fingerprint density at radius 1 is 1.40 bits per heavy atom. The lowest BCUT2D eigenvalue weighted by molar-refractivity contribution is -0.116. The smallest absolute Gasteiger partial charge is 0.210 e. The van der Waals surface area contributed by atoms with E-state index in [0.717, 1.165) is 19.4 Å². The first-order chi connectivity index (χ1) is 4.85. The van der Waals surface area contributed by atoms with Crippen molar-refractivity contribution in [1.29, 1.82) is 0 Å². The molecule has 0 N–H and O–H groups in total. The fourth-order valence-electron chi connectivity index (χ4n) is 0.787. The molecule has 0 heterocycles. The second-order valence-corrected chi connectivity index (χ2v) is 2.31. The fraction of sp³-hybridized carbons (Fsp3) is 0.750. The third-order valence-corrected chi connectivity index (χ3v) is 1.49. The molecule has 0 fully saturated rings. The highest BCUT2D eigenvalue weighted by Crippen LogP contribution is 1.97. The van der Waals surface area contributed by atoms with Gasteiger partial charge in [-0.2, -0.15) is 0 Å². The molecule has 0 unspecified atom stereocenters. The quantitative estimate of drug-likeness (QED) is 0.409. The molecule has 0 atom stereocenters. The molecule has 0 rings (SSSR count). The molecule has 10 heavy (non-hydrogen) atoms. The van der Waals surface area contributed by atoms with E-state index in [-0.39, 0.29) is 0 Å². The minimum Gasteiger partial charge on any atom is -0.341 e. The highest BCUT2D eigenvalue weighted by molar-refractivity contribution is 5.47. The Morgan fingerprint density at radius 3 is 2.50 bits per heavy atom. The number of unbranched alkanes of at least 4 members (excludes halogenated alkanes) is 2. The second-order valence-electron chi connectivity index (χ2n) is 2.31. The first-order valence-electron chi connectivity index (χ1n) is 3.85. The molecule has 0 bridgehead atoms. The summed E-state index contributed by atoms with van der Waals surface area (Å²) in [6.07, 6.45) is 4.39. The molecule has 0 aliphatic heterocycles. The van der Waals surface area contributed by atoms with E-state index in [1.54, 1.807) is 4.90 Å². The summed E-state index contributed by atoms with van der Waals surface area (Å²) in [5.41, 5.74) is 0. The normalized spacial score (nSPS) is 9.40. The first-order valence-corrected chi connectivity index (χ1v) is 3.85. The zero-order valence-electron chi connectivity index (χ0n) is 6.84. The SMILES string of the molecule is C[CH]N(C=O)CCCCC. The third kappa shape index (κ3) is 4.36. The van der Waals surface area contributed by atoms with Crippen molar-refractivity contribution in [2.45, 2.75) is 33.1 Å². The fourth-order valence-corrected chi connectivity index (χ4v) is 0.787. The molecular weight excluding hydrogens is 126 g/mol. The van der Waals surface area contributed by atoms with Crippen LogP contribution in [-0.4, -0.2) is 17.9 Å². The number of hydrogen-bond donors (Lipinski definition) is 0. The minimum atomic E-state index is 0.869. The molecule has 0 saturated carbocycles. The predicted molar refractivity (Wildman–Crippen MR) is 42.3 cm³/mol. The molecule has 0 aromatic rings. The van der Waals surface area contributed by atoms with Crippen LogP contribution in [0.5, 0.6) is 0 Å². The van der Waals surface area contributed by atoms with Crippen LogP contribution >= 0.6 is 0 Å². The van der Waals surface area contributed by atoms with Crippen LogP contribution in [0.1, 0.15) is 33.1 Å². The molecular formula is C8H16NO.